The molecule has 1 aromatic carbocycles. The highest BCUT2D eigenvalue weighted by atomic mass is 32.1. The van der Waals surface area contributed by atoms with Gasteiger partial charge in [0.1, 0.15) is 10.8 Å². The van der Waals surface area contributed by atoms with Crippen molar-refractivity contribution in [2.45, 2.75) is 25.4 Å². The molecule has 0 radical (unpaired) electrons. The van der Waals surface area contributed by atoms with Crippen molar-refractivity contribution in [3.05, 3.63) is 57.7 Å². The van der Waals surface area contributed by atoms with E-state index in [2.05, 4.69) is 33.2 Å². The van der Waals surface area contributed by atoms with Gasteiger partial charge in [0.25, 0.3) is 0 Å². The lowest BCUT2D eigenvalue weighted by Crippen LogP contribution is -2.22. The molecule has 1 aliphatic rings. The molecular formula is C19H20N2OS2. The number of hydrogen-bond donors (Lipinski definition) is 0. The number of thiazole rings is 1. The van der Waals surface area contributed by atoms with Crippen LogP contribution in [0.25, 0.3) is 10.6 Å². The van der Waals surface area contributed by atoms with E-state index in [0.717, 1.165) is 29.4 Å². The molecule has 24 heavy (non-hydrogen) atoms. The molecule has 1 unspecified atom stereocenters. The molecule has 124 valence electrons. The maximum Gasteiger partial charge on any atom is 0.123 e. The highest BCUT2D eigenvalue weighted by Crippen LogP contribution is 2.35. The summed E-state index contributed by atoms with van der Waals surface area (Å²) in [7, 11) is 1.70. The van der Waals surface area contributed by atoms with Crippen LogP contribution in [-0.4, -0.2) is 23.5 Å². The minimum atomic E-state index is 0.554. The standard InChI is InChI=1S/C19H20N2OS2/c1-22-17-5-2-4-14(10-17)19-20-16(13-24-19)11-21-8-3-6-18(21)15-7-9-23-12-15/h2,4-5,7,9-10,12-13,18H,3,6,8,11H2,1H3. The van der Waals surface area contributed by atoms with E-state index in [1.165, 1.54) is 24.1 Å². The first-order valence-electron chi connectivity index (χ1n) is 8.18. The van der Waals surface area contributed by atoms with Crippen molar-refractivity contribution >= 4 is 22.7 Å². The molecule has 0 amide bonds. The Labute approximate surface area is 150 Å². The number of nitrogens with zero attached hydrogens (tertiary/aromatic N) is 2. The lowest BCUT2D eigenvalue weighted by atomic mass is 10.1. The maximum absolute atomic E-state index is 5.32. The molecule has 3 heterocycles. The zero-order valence-electron chi connectivity index (χ0n) is 13.6. The van der Waals surface area contributed by atoms with Gasteiger partial charge in [-0.15, -0.1) is 11.3 Å². The molecule has 1 aliphatic heterocycles. The molecule has 0 saturated carbocycles. The predicted molar refractivity (Wildman–Crippen MR) is 101 cm³/mol. The summed E-state index contributed by atoms with van der Waals surface area (Å²) in [6.07, 6.45) is 2.52. The summed E-state index contributed by atoms with van der Waals surface area (Å²) in [5.41, 5.74) is 3.75. The Balaban J connectivity index is 1.51. The van der Waals surface area contributed by atoms with E-state index in [9.17, 15) is 0 Å². The summed E-state index contributed by atoms with van der Waals surface area (Å²) in [5.74, 6) is 0.876. The second-order valence-electron chi connectivity index (χ2n) is 6.06. The van der Waals surface area contributed by atoms with Crippen molar-refractivity contribution in [3.63, 3.8) is 0 Å². The molecule has 2 aromatic heterocycles. The van der Waals surface area contributed by atoms with Gasteiger partial charge in [-0.05, 0) is 53.9 Å². The summed E-state index contributed by atoms with van der Waals surface area (Å²) < 4.78 is 5.32. The molecule has 0 N–H and O–H groups in total. The average Bonchev–Trinajstić information content (AvgIpc) is 3.36. The fourth-order valence-electron chi connectivity index (χ4n) is 3.33. The zero-order valence-corrected chi connectivity index (χ0v) is 15.3. The third-order valence-corrected chi connectivity index (χ3v) is 6.17. The van der Waals surface area contributed by atoms with Crippen LogP contribution in [0.4, 0.5) is 0 Å². The van der Waals surface area contributed by atoms with E-state index >= 15 is 0 Å². The van der Waals surface area contributed by atoms with Crippen LogP contribution in [0.2, 0.25) is 0 Å². The molecular weight excluding hydrogens is 336 g/mol. The van der Waals surface area contributed by atoms with Crippen molar-refractivity contribution in [2.24, 2.45) is 0 Å². The largest absolute Gasteiger partial charge is 0.497 e. The third-order valence-electron chi connectivity index (χ3n) is 4.53. The van der Waals surface area contributed by atoms with Crippen molar-refractivity contribution in [1.29, 1.82) is 0 Å². The minimum Gasteiger partial charge on any atom is -0.497 e. The van der Waals surface area contributed by atoms with Gasteiger partial charge in [0, 0.05) is 23.5 Å². The van der Waals surface area contributed by atoms with E-state index in [4.69, 9.17) is 9.72 Å². The molecule has 1 atom stereocenters. The van der Waals surface area contributed by atoms with Crippen molar-refractivity contribution in [1.82, 2.24) is 9.88 Å². The van der Waals surface area contributed by atoms with Crippen LogP contribution >= 0.6 is 22.7 Å². The Bertz CT molecular complexity index is 797. The number of thiophene rings is 1. The highest BCUT2D eigenvalue weighted by Gasteiger charge is 2.26. The number of likely N-dealkylation sites (tertiary alicyclic amines) is 1. The van der Waals surface area contributed by atoms with Crippen LogP contribution in [0.5, 0.6) is 5.75 Å². The first-order chi connectivity index (χ1) is 11.8. The fraction of sp³-hybridized carbons (Fsp3) is 0.316. The van der Waals surface area contributed by atoms with Crippen LogP contribution in [0, 0.1) is 0 Å². The zero-order chi connectivity index (χ0) is 16.4. The summed E-state index contributed by atoms with van der Waals surface area (Å²) in [4.78, 5) is 7.42. The van der Waals surface area contributed by atoms with Gasteiger partial charge in [-0.25, -0.2) is 4.98 Å². The van der Waals surface area contributed by atoms with Gasteiger partial charge in [0.2, 0.25) is 0 Å². The minimum absolute atomic E-state index is 0.554. The smallest absolute Gasteiger partial charge is 0.123 e. The van der Waals surface area contributed by atoms with E-state index in [0.29, 0.717) is 6.04 Å². The Morgan fingerprint density at radius 2 is 2.25 bits per heavy atom. The molecule has 0 aliphatic carbocycles. The fourth-order valence-corrected chi connectivity index (χ4v) is 4.85. The lowest BCUT2D eigenvalue weighted by molar-refractivity contribution is 0.246. The van der Waals surface area contributed by atoms with Crippen LogP contribution in [0.3, 0.4) is 0 Å². The Kier molecular flexibility index (Phi) is 4.65. The van der Waals surface area contributed by atoms with Gasteiger partial charge in [0.05, 0.1) is 12.8 Å². The van der Waals surface area contributed by atoms with Crippen LogP contribution in [0.1, 0.15) is 30.1 Å². The summed E-state index contributed by atoms with van der Waals surface area (Å²) in [6.45, 7) is 2.09. The van der Waals surface area contributed by atoms with Gasteiger partial charge < -0.3 is 4.74 Å². The average molecular weight is 357 g/mol. The number of aromatic nitrogens is 1. The van der Waals surface area contributed by atoms with Crippen molar-refractivity contribution < 1.29 is 4.74 Å². The van der Waals surface area contributed by atoms with Gasteiger partial charge in [-0.2, -0.15) is 11.3 Å². The topological polar surface area (TPSA) is 25.4 Å². The van der Waals surface area contributed by atoms with Crippen LogP contribution in [0.15, 0.2) is 46.5 Å². The van der Waals surface area contributed by atoms with E-state index in [1.807, 2.05) is 18.2 Å². The van der Waals surface area contributed by atoms with Gasteiger partial charge in [-0.1, -0.05) is 12.1 Å². The second kappa shape index (κ2) is 7.05. The predicted octanol–water partition coefficient (Wildman–Crippen LogP) is 5.22. The molecule has 0 bridgehead atoms. The van der Waals surface area contributed by atoms with Crippen molar-refractivity contribution in [2.75, 3.05) is 13.7 Å². The molecule has 3 aromatic rings. The SMILES string of the molecule is COc1cccc(-c2nc(CN3CCCC3c3ccsc3)cs2)c1. The molecule has 4 rings (SSSR count). The Hall–Kier alpha value is -1.69. The number of benzene rings is 1. The monoisotopic (exact) mass is 356 g/mol. The van der Waals surface area contributed by atoms with E-state index in [-0.39, 0.29) is 0 Å². The number of ether oxygens (including phenoxy) is 1. The normalized spacial score (nSPS) is 18.1. The Morgan fingerprint density at radius 3 is 3.08 bits per heavy atom. The number of hydrogen-bond acceptors (Lipinski definition) is 5. The maximum atomic E-state index is 5.32. The van der Waals surface area contributed by atoms with Crippen molar-refractivity contribution in [3.8, 4) is 16.3 Å². The van der Waals surface area contributed by atoms with Gasteiger partial charge in [-0.3, -0.25) is 4.90 Å². The number of rotatable bonds is 5. The summed E-state index contributed by atoms with van der Waals surface area (Å²) >= 11 is 3.50. The summed E-state index contributed by atoms with van der Waals surface area (Å²) in [5, 5.41) is 7.72. The van der Waals surface area contributed by atoms with E-state index < -0.39 is 0 Å². The van der Waals surface area contributed by atoms with Gasteiger partial charge >= 0.3 is 0 Å². The third kappa shape index (κ3) is 3.24. The quantitative estimate of drug-likeness (QED) is 0.627. The van der Waals surface area contributed by atoms with Gasteiger partial charge in [0.15, 0.2) is 0 Å². The first-order valence-corrected chi connectivity index (χ1v) is 10.0. The molecule has 5 heteroatoms. The number of methoxy groups -OCH3 is 1. The molecule has 0 spiro atoms. The first kappa shape index (κ1) is 15.8. The molecule has 1 fully saturated rings. The summed E-state index contributed by atoms with van der Waals surface area (Å²) in [6, 6.07) is 10.9. The Morgan fingerprint density at radius 1 is 1.29 bits per heavy atom. The molecule has 3 nitrogen and oxygen atoms in total. The second-order valence-corrected chi connectivity index (χ2v) is 7.70. The van der Waals surface area contributed by atoms with Crippen LogP contribution in [-0.2, 0) is 6.54 Å². The van der Waals surface area contributed by atoms with Crippen LogP contribution < -0.4 is 4.74 Å². The van der Waals surface area contributed by atoms with E-state index in [1.54, 1.807) is 29.8 Å². The highest BCUT2D eigenvalue weighted by molar-refractivity contribution is 7.13. The lowest BCUT2D eigenvalue weighted by Gasteiger charge is -2.22. The molecule has 1 saturated heterocycles.